The van der Waals surface area contributed by atoms with Gasteiger partial charge in [0, 0.05) is 36.6 Å². The van der Waals surface area contributed by atoms with Crippen LogP contribution < -0.4 is 15.8 Å². The molecule has 3 heterocycles. The number of para-hydroxylation sites is 1. The molecule has 1 fully saturated rings. The molecule has 5 aromatic rings. The second kappa shape index (κ2) is 10.4. The van der Waals surface area contributed by atoms with Gasteiger partial charge < -0.3 is 20.4 Å². The number of nitrogens with zero attached hydrogens (tertiary/aromatic N) is 4. The van der Waals surface area contributed by atoms with E-state index in [0.717, 1.165) is 71.6 Å². The van der Waals surface area contributed by atoms with Crippen LogP contribution in [0, 0.1) is 0 Å². The lowest BCUT2D eigenvalue weighted by Crippen LogP contribution is -2.33. The molecule has 7 heteroatoms. The minimum atomic E-state index is 0.374. The summed E-state index contributed by atoms with van der Waals surface area (Å²) in [6.07, 6.45) is 9.99. The van der Waals surface area contributed by atoms with E-state index in [2.05, 4.69) is 49.2 Å². The number of rotatable bonds is 7. The molecule has 186 valence electrons. The molecule has 0 aliphatic heterocycles. The lowest BCUT2D eigenvalue weighted by atomic mass is 9.91. The Morgan fingerprint density at radius 1 is 0.838 bits per heavy atom. The Labute approximate surface area is 216 Å². The number of ether oxygens (including phenoxy) is 1. The predicted octanol–water partition coefficient (Wildman–Crippen LogP) is 6.14. The summed E-state index contributed by atoms with van der Waals surface area (Å²) in [4.78, 5) is 13.4. The first-order chi connectivity index (χ1) is 18.2. The molecule has 0 radical (unpaired) electrons. The molecular weight excluding hydrogens is 460 g/mol. The summed E-state index contributed by atoms with van der Waals surface area (Å²) in [5.41, 5.74) is 10.5. The minimum absolute atomic E-state index is 0.374. The molecule has 0 amide bonds. The molecule has 6 rings (SSSR count). The number of nitrogen functional groups attached to an aromatic ring is 1. The molecule has 0 bridgehead atoms. The summed E-state index contributed by atoms with van der Waals surface area (Å²) in [7, 11) is 0. The largest absolute Gasteiger partial charge is 0.457 e. The normalized spacial score (nSPS) is 17.6. The molecule has 1 saturated carbocycles. The van der Waals surface area contributed by atoms with Crippen LogP contribution in [0.5, 0.6) is 11.5 Å². The highest BCUT2D eigenvalue weighted by Gasteiger charge is 2.25. The van der Waals surface area contributed by atoms with E-state index in [9.17, 15) is 0 Å². The Bertz CT molecular complexity index is 1460. The van der Waals surface area contributed by atoms with Crippen LogP contribution in [0.25, 0.3) is 22.2 Å². The number of benzene rings is 2. The number of hydrogen-bond donors (Lipinski definition) is 2. The topological polar surface area (TPSA) is 90.9 Å². The predicted molar refractivity (Wildman–Crippen MR) is 146 cm³/mol. The zero-order valence-electron chi connectivity index (χ0n) is 20.6. The van der Waals surface area contributed by atoms with Crippen molar-refractivity contribution >= 4 is 16.9 Å². The smallest absolute Gasteiger partial charge is 0.146 e. The number of nitrogens with two attached hydrogens (primary N) is 1. The van der Waals surface area contributed by atoms with E-state index in [1.165, 1.54) is 0 Å². The van der Waals surface area contributed by atoms with E-state index in [-0.39, 0.29) is 0 Å². The summed E-state index contributed by atoms with van der Waals surface area (Å²) in [6, 6.07) is 24.8. The van der Waals surface area contributed by atoms with Crippen LogP contribution in [0.3, 0.4) is 0 Å². The first kappa shape index (κ1) is 23.2. The van der Waals surface area contributed by atoms with Crippen molar-refractivity contribution in [3.63, 3.8) is 0 Å². The summed E-state index contributed by atoms with van der Waals surface area (Å²) in [6.45, 7) is 0.806. The number of aromatic nitrogens is 4. The van der Waals surface area contributed by atoms with Gasteiger partial charge in [-0.15, -0.1) is 0 Å². The fourth-order valence-electron chi connectivity index (χ4n) is 5.24. The fourth-order valence-corrected chi connectivity index (χ4v) is 5.24. The number of hydrogen-bond acceptors (Lipinski definition) is 6. The van der Waals surface area contributed by atoms with Crippen LogP contribution in [0.4, 0.5) is 5.82 Å². The van der Waals surface area contributed by atoms with Gasteiger partial charge in [-0.05, 0) is 67.6 Å². The van der Waals surface area contributed by atoms with Gasteiger partial charge in [0.25, 0.3) is 0 Å². The highest BCUT2D eigenvalue weighted by Crippen LogP contribution is 2.38. The molecule has 1 aliphatic rings. The summed E-state index contributed by atoms with van der Waals surface area (Å²) >= 11 is 0. The molecule has 37 heavy (non-hydrogen) atoms. The van der Waals surface area contributed by atoms with Crippen LogP contribution in [0.1, 0.15) is 37.4 Å². The van der Waals surface area contributed by atoms with Crippen molar-refractivity contribution in [2.45, 2.75) is 44.3 Å². The average Bonchev–Trinajstić information content (AvgIpc) is 3.35. The van der Waals surface area contributed by atoms with Crippen LogP contribution in [0.2, 0.25) is 0 Å². The van der Waals surface area contributed by atoms with E-state index in [4.69, 9.17) is 10.5 Å². The highest BCUT2D eigenvalue weighted by atomic mass is 16.5. The van der Waals surface area contributed by atoms with Gasteiger partial charge in [0.15, 0.2) is 0 Å². The second-order valence-corrected chi connectivity index (χ2v) is 9.55. The number of anilines is 1. The van der Waals surface area contributed by atoms with Crippen molar-refractivity contribution in [1.29, 1.82) is 0 Å². The maximum atomic E-state index is 6.38. The standard InChI is InChI=1S/C30H30N6O/c31-29-28-27(21-9-15-26(16-10-21)37-25-7-2-1-3-8-25)19-36(30(28)35-20-34-29)24-13-11-22(12-14-24)33-18-23-6-4-5-17-32-23/h1-10,15-17,19-20,22,24,33H,11-14,18H2,(H2,31,34,35). The van der Waals surface area contributed by atoms with Gasteiger partial charge >= 0.3 is 0 Å². The first-order valence-electron chi connectivity index (χ1n) is 12.8. The minimum Gasteiger partial charge on any atom is -0.457 e. The molecule has 0 saturated heterocycles. The summed E-state index contributed by atoms with van der Waals surface area (Å²) < 4.78 is 8.29. The van der Waals surface area contributed by atoms with Gasteiger partial charge in [-0.3, -0.25) is 4.98 Å². The van der Waals surface area contributed by atoms with Crippen LogP contribution >= 0.6 is 0 Å². The third-order valence-corrected chi connectivity index (χ3v) is 7.17. The maximum Gasteiger partial charge on any atom is 0.146 e. The molecule has 7 nitrogen and oxygen atoms in total. The lowest BCUT2D eigenvalue weighted by Gasteiger charge is -2.30. The van der Waals surface area contributed by atoms with Gasteiger partial charge in [-0.25, -0.2) is 9.97 Å². The van der Waals surface area contributed by atoms with E-state index in [1.807, 2.05) is 60.8 Å². The van der Waals surface area contributed by atoms with Gasteiger partial charge in [-0.1, -0.05) is 36.4 Å². The summed E-state index contributed by atoms with van der Waals surface area (Å²) in [5, 5.41) is 4.59. The van der Waals surface area contributed by atoms with Crippen LogP contribution in [-0.2, 0) is 6.54 Å². The van der Waals surface area contributed by atoms with Gasteiger partial charge in [0.05, 0.1) is 11.1 Å². The number of fused-ring (bicyclic) bond motifs is 1. The van der Waals surface area contributed by atoms with Gasteiger partial charge in [0.2, 0.25) is 0 Å². The van der Waals surface area contributed by atoms with Crippen molar-refractivity contribution in [3.05, 3.63) is 97.2 Å². The SMILES string of the molecule is Nc1ncnc2c1c(-c1ccc(Oc3ccccc3)cc1)cn2C1CCC(NCc2ccccn2)CC1. The van der Waals surface area contributed by atoms with E-state index in [0.29, 0.717) is 17.9 Å². The molecule has 1 aliphatic carbocycles. The molecular formula is C30H30N6O. The Hall–Kier alpha value is -4.23. The van der Waals surface area contributed by atoms with Crippen molar-refractivity contribution in [1.82, 2.24) is 24.8 Å². The molecule has 0 spiro atoms. The van der Waals surface area contributed by atoms with Crippen LogP contribution in [0.15, 0.2) is 91.5 Å². The second-order valence-electron chi connectivity index (χ2n) is 9.55. The fraction of sp³-hybridized carbons (Fsp3) is 0.233. The Balaban J connectivity index is 1.20. The quantitative estimate of drug-likeness (QED) is 0.285. The highest BCUT2D eigenvalue weighted by molar-refractivity contribution is 6.00. The Morgan fingerprint density at radius 3 is 2.35 bits per heavy atom. The average molecular weight is 491 g/mol. The zero-order valence-corrected chi connectivity index (χ0v) is 20.6. The molecule has 2 aromatic carbocycles. The molecule has 0 atom stereocenters. The third kappa shape index (κ3) is 5.04. The van der Waals surface area contributed by atoms with Gasteiger partial charge in [-0.2, -0.15) is 0 Å². The molecule has 3 aromatic heterocycles. The monoisotopic (exact) mass is 490 g/mol. The van der Waals surface area contributed by atoms with Crippen molar-refractivity contribution in [2.75, 3.05) is 5.73 Å². The maximum absolute atomic E-state index is 6.38. The lowest BCUT2D eigenvalue weighted by molar-refractivity contribution is 0.293. The number of nitrogens with one attached hydrogen (secondary N) is 1. The first-order valence-corrected chi connectivity index (χ1v) is 12.8. The zero-order chi connectivity index (χ0) is 25.0. The van der Waals surface area contributed by atoms with E-state index in [1.54, 1.807) is 6.33 Å². The van der Waals surface area contributed by atoms with Crippen molar-refractivity contribution in [2.24, 2.45) is 0 Å². The van der Waals surface area contributed by atoms with Gasteiger partial charge in [0.1, 0.15) is 29.3 Å². The summed E-state index contributed by atoms with van der Waals surface area (Å²) in [5.74, 6) is 2.11. The van der Waals surface area contributed by atoms with Crippen molar-refractivity contribution < 1.29 is 4.74 Å². The number of pyridine rings is 1. The third-order valence-electron chi connectivity index (χ3n) is 7.17. The molecule has 3 N–H and O–H groups in total. The van der Waals surface area contributed by atoms with Crippen LogP contribution in [-0.4, -0.2) is 25.6 Å². The Kier molecular flexibility index (Phi) is 6.52. The van der Waals surface area contributed by atoms with Crippen molar-refractivity contribution in [3.8, 4) is 22.6 Å². The van der Waals surface area contributed by atoms with E-state index < -0.39 is 0 Å². The Morgan fingerprint density at radius 2 is 1.59 bits per heavy atom. The van der Waals surface area contributed by atoms with E-state index >= 15 is 0 Å². The molecule has 0 unspecified atom stereocenters.